The molecule has 29 heavy (non-hydrogen) atoms. The van der Waals surface area contributed by atoms with Crippen molar-refractivity contribution in [1.82, 2.24) is 15.5 Å². The Labute approximate surface area is 170 Å². The van der Waals surface area contributed by atoms with Gasteiger partial charge in [0, 0.05) is 40.6 Å². The van der Waals surface area contributed by atoms with Gasteiger partial charge in [0.05, 0.1) is 37.2 Å². The first-order chi connectivity index (χ1) is 13.9. The largest absolute Gasteiger partial charge is 0.378 e. The third kappa shape index (κ3) is 2.66. The number of amides is 1. The number of carbonyl (C=O) groups excluding carboxylic acids is 1. The van der Waals surface area contributed by atoms with Gasteiger partial charge in [-0.2, -0.15) is 5.10 Å². The number of H-pyrrole nitrogens is 1. The van der Waals surface area contributed by atoms with Gasteiger partial charge in [0.25, 0.3) is 11.8 Å². The average Bonchev–Trinajstić information content (AvgIpc) is 3.33. The molecule has 1 atom stereocenters. The molecule has 2 N–H and O–H groups in total. The molecule has 3 fully saturated rings. The van der Waals surface area contributed by atoms with Crippen LogP contribution in [0.25, 0.3) is 10.4 Å². The highest BCUT2D eigenvalue weighted by molar-refractivity contribution is 7.18. The maximum atomic E-state index is 14.8. The molecule has 0 spiro atoms. The van der Waals surface area contributed by atoms with Crippen LogP contribution in [0.4, 0.5) is 14.5 Å². The van der Waals surface area contributed by atoms with Gasteiger partial charge in [-0.05, 0) is 25.7 Å². The van der Waals surface area contributed by atoms with E-state index in [9.17, 15) is 13.6 Å². The van der Waals surface area contributed by atoms with Crippen LogP contribution in [-0.2, 0) is 11.2 Å². The quantitative estimate of drug-likeness (QED) is 0.783. The van der Waals surface area contributed by atoms with E-state index in [1.54, 1.807) is 17.3 Å². The number of hydrogen-bond donors (Lipinski definition) is 2. The van der Waals surface area contributed by atoms with E-state index in [1.165, 1.54) is 11.3 Å². The minimum absolute atomic E-state index is 0.152. The topological polar surface area (TPSA) is 70.2 Å². The number of nitrogens with one attached hydrogen (secondary N) is 2. The fourth-order valence-electron chi connectivity index (χ4n) is 5.59. The highest BCUT2D eigenvalue weighted by Crippen LogP contribution is 2.51. The van der Waals surface area contributed by atoms with E-state index in [0.717, 1.165) is 31.2 Å². The minimum atomic E-state index is -2.83. The summed E-state index contributed by atoms with van der Waals surface area (Å²) in [6, 6.07) is -0.185. The number of carbonyl (C=O) groups is 1. The lowest BCUT2D eigenvalue weighted by atomic mass is 9.66. The van der Waals surface area contributed by atoms with Crippen LogP contribution in [0.5, 0.6) is 0 Å². The number of alkyl halides is 2. The number of aromatic nitrogens is 2. The Hall–Kier alpha value is -2.00. The summed E-state index contributed by atoms with van der Waals surface area (Å²) in [4.78, 5) is 16.2. The van der Waals surface area contributed by atoms with Crippen LogP contribution < -0.4 is 10.2 Å². The van der Waals surface area contributed by atoms with Crippen molar-refractivity contribution in [1.29, 1.82) is 0 Å². The molecule has 1 saturated carbocycles. The van der Waals surface area contributed by atoms with Crippen LogP contribution in [0.1, 0.15) is 40.9 Å². The monoisotopic (exact) mass is 420 g/mol. The second-order valence-electron chi connectivity index (χ2n) is 8.89. The molecule has 2 bridgehead atoms. The maximum absolute atomic E-state index is 14.8. The normalized spacial score (nSPS) is 32.6. The number of thiophene rings is 1. The Morgan fingerprint density at radius 2 is 2.10 bits per heavy atom. The number of hydrogen-bond acceptors (Lipinski definition) is 5. The molecule has 4 aliphatic heterocycles. The third-order valence-corrected chi connectivity index (χ3v) is 8.37. The molecule has 9 heteroatoms. The van der Waals surface area contributed by atoms with Gasteiger partial charge >= 0.3 is 0 Å². The zero-order valence-corrected chi connectivity index (χ0v) is 16.7. The molecule has 5 aliphatic rings. The molecule has 154 valence electrons. The van der Waals surface area contributed by atoms with E-state index in [-0.39, 0.29) is 30.3 Å². The van der Waals surface area contributed by atoms with Gasteiger partial charge in [0.15, 0.2) is 0 Å². The number of anilines is 1. The van der Waals surface area contributed by atoms with Crippen LogP contribution in [0.3, 0.4) is 0 Å². The minimum Gasteiger partial charge on any atom is -0.378 e. The average molecular weight is 420 g/mol. The Morgan fingerprint density at radius 1 is 1.28 bits per heavy atom. The Balaban J connectivity index is 1.44. The maximum Gasteiger partial charge on any atom is 0.269 e. The van der Waals surface area contributed by atoms with Crippen LogP contribution in [0, 0.1) is 5.41 Å². The molecule has 6 heterocycles. The fraction of sp³-hybridized carbons (Fsp3) is 0.600. The lowest BCUT2D eigenvalue weighted by molar-refractivity contribution is -0.126. The molecular formula is C20H22F2N4O2S. The summed E-state index contributed by atoms with van der Waals surface area (Å²) in [5, 5.41) is 9.90. The van der Waals surface area contributed by atoms with Crippen molar-refractivity contribution in [2.75, 3.05) is 24.6 Å². The molecule has 1 aliphatic carbocycles. The molecule has 7 rings (SSSR count). The van der Waals surface area contributed by atoms with Crippen molar-refractivity contribution in [2.24, 2.45) is 5.41 Å². The lowest BCUT2D eigenvalue weighted by Crippen LogP contribution is -2.59. The molecule has 0 radical (unpaired) electrons. The molecule has 2 aromatic rings. The van der Waals surface area contributed by atoms with Crippen LogP contribution in [-0.4, -0.2) is 53.9 Å². The zero-order valence-electron chi connectivity index (χ0n) is 15.8. The summed E-state index contributed by atoms with van der Waals surface area (Å²) < 4.78 is 35.5. The molecular weight excluding hydrogens is 398 g/mol. The summed E-state index contributed by atoms with van der Waals surface area (Å²) in [6.07, 6.45) is 7.22. The first-order valence-corrected chi connectivity index (χ1v) is 11.0. The SMILES string of the molecule is O=C1N[C@@H](C23CCC(CC2)OC3)CN2CC(F)(F)Cc3c(-c4cn[nH]c4)sc1c32. The predicted octanol–water partition coefficient (Wildman–Crippen LogP) is 3.21. The van der Waals surface area contributed by atoms with E-state index in [1.807, 2.05) is 0 Å². The lowest BCUT2D eigenvalue weighted by Gasteiger charge is -2.51. The Bertz CT molecular complexity index is 952. The Morgan fingerprint density at radius 3 is 2.79 bits per heavy atom. The highest BCUT2D eigenvalue weighted by Gasteiger charge is 2.51. The fourth-order valence-corrected chi connectivity index (χ4v) is 6.82. The van der Waals surface area contributed by atoms with E-state index in [0.29, 0.717) is 40.3 Å². The van der Waals surface area contributed by atoms with E-state index in [4.69, 9.17) is 4.74 Å². The first kappa shape index (κ1) is 17.8. The number of nitrogens with zero attached hydrogens (tertiary/aromatic N) is 2. The van der Waals surface area contributed by atoms with Gasteiger partial charge in [-0.1, -0.05) is 0 Å². The number of fused-ring (bicyclic) bond motifs is 3. The van der Waals surface area contributed by atoms with Gasteiger partial charge < -0.3 is 15.0 Å². The van der Waals surface area contributed by atoms with Gasteiger partial charge in [-0.15, -0.1) is 11.3 Å². The van der Waals surface area contributed by atoms with Crippen LogP contribution in [0.2, 0.25) is 0 Å². The van der Waals surface area contributed by atoms with E-state index in [2.05, 4.69) is 15.5 Å². The standard InChI is InChI=1S/C20H22F2N4O2S/c21-20(22)5-13-15-17(29-16(13)11-6-23-24-7-11)18(27)25-14(8-26(15)9-20)19-3-1-12(2-4-19)28-10-19/h6-7,12,14H,1-5,8-10H2,(H,23,24)(H,25,27)/t12?,14-,19?/m1/s1. The summed E-state index contributed by atoms with van der Waals surface area (Å²) in [7, 11) is 0. The van der Waals surface area contributed by atoms with Gasteiger partial charge in [-0.3, -0.25) is 9.89 Å². The van der Waals surface area contributed by atoms with E-state index < -0.39 is 5.92 Å². The summed E-state index contributed by atoms with van der Waals surface area (Å²) in [5.74, 6) is -2.99. The van der Waals surface area contributed by atoms with Crippen LogP contribution >= 0.6 is 11.3 Å². The molecule has 6 nitrogen and oxygen atoms in total. The highest BCUT2D eigenvalue weighted by atomic mass is 32.1. The van der Waals surface area contributed by atoms with Crippen molar-refractivity contribution in [3.8, 4) is 10.4 Å². The Kier molecular flexibility index (Phi) is 3.69. The van der Waals surface area contributed by atoms with Crippen molar-refractivity contribution in [3.63, 3.8) is 0 Å². The second-order valence-corrected chi connectivity index (χ2v) is 9.91. The van der Waals surface area contributed by atoms with Crippen molar-refractivity contribution >= 4 is 22.9 Å². The molecule has 2 aromatic heterocycles. The van der Waals surface area contributed by atoms with Gasteiger partial charge in [0.1, 0.15) is 4.88 Å². The molecule has 2 saturated heterocycles. The van der Waals surface area contributed by atoms with Gasteiger partial charge in [0.2, 0.25) is 0 Å². The predicted molar refractivity (Wildman–Crippen MR) is 105 cm³/mol. The third-order valence-electron chi connectivity index (χ3n) is 7.10. The first-order valence-electron chi connectivity index (χ1n) is 10.1. The summed E-state index contributed by atoms with van der Waals surface area (Å²) >= 11 is 1.30. The number of rotatable bonds is 2. The number of ether oxygens (including phenoxy) is 1. The number of aromatic amines is 1. The molecule has 0 unspecified atom stereocenters. The zero-order chi connectivity index (χ0) is 19.8. The van der Waals surface area contributed by atoms with Gasteiger partial charge in [-0.25, -0.2) is 8.78 Å². The smallest absolute Gasteiger partial charge is 0.269 e. The summed E-state index contributed by atoms with van der Waals surface area (Å²) in [5.41, 5.74) is 1.86. The summed E-state index contributed by atoms with van der Waals surface area (Å²) in [6.45, 7) is 0.657. The molecule has 0 aromatic carbocycles. The van der Waals surface area contributed by atoms with Crippen molar-refractivity contribution in [2.45, 2.75) is 50.2 Å². The molecule has 1 amide bonds. The second kappa shape index (κ2) is 6.01. The van der Waals surface area contributed by atoms with Crippen LogP contribution in [0.15, 0.2) is 12.4 Å². The van der Waals surface area contributed by atoms with Crippen molar-refractivity contribution < 1.29 is 18.3 Å². The van der Waals surface area contributed by atoms with E-state index >= 15 is 0 Å². The number of halogens is 2. The van der Waals surface area contributed by atoms with Crippen molar-refractivity contribution in [3.05, 3.63) is 22.8 Å².